The van der Waals surface area contributed by atoms with E-state index >= 15 is 0 Å². The van der Waals surface area contributed by atoms with Crippen molar-refractivity contribution in [1.82, 2.24) is 5.43 Å². The van der Waals surface area contributed by atoms with Crippen molar-refractivity contribution in [2.24, 2.45) is 5.10 Å². The minimum atomic E-state index is -0.249. The maximum Gasteiger partial charge on any atom is 0.259 e. The number of nitrogens with zero attached hydrogens (tertiary/aromatic N) is 1. The van der Waals surface area contributed by atoms with Gasteiger partial charge in [0.2, 0.25) is 0 Å². The van der Waals surface area contributed by atoms with E-state index in [-0.39, 0.29) is 12.5 Å². The second kappa shape index (κ2) is 8.71. The van der Waals surface area contributed by atoms with Crippen LogP contribution in [0.5, 0.6) is 11.5 Å². The lowest BCUT2D eigenvalue weighted by atomic mass is 10.1. The van der Waals surface area contributed by atoms with Gasteiger partial charge in [-0.05, 0) is 29.7 Å². The van der Waals surface area contributed by atoms with Crippen LogP contribution in [-0.4, -0.2) is 32.9 Å². The van der Waals surface area contributed by atoms with E-state index in [0.29, 0.717) is 17.1 Å². The fourth-order valence-electron chi connectivity index (χ4n) is 2.71. The minimum absolute atomic E-state index is 0.112. The summed E-state index contributed by atoms with van der Waals surface area (Å²) in [6, 6.07) is 19.3. The highest BCUT2D eigenvalue weighted by Crippen LogP contribution is 2.23. The number of methoxy groups -OCH3 is 2. The van der Waals surface area contributed by atoms with Crippen molar-refractivity contribution >= 4 is 28.6 Å². The molecule has 0 aliphatic heterocycles. The molecule has 0 fully saturated rings. The monoisotopic (exact) mass is 363 g/mol. The van der Waals surface area contributed by atoms with Crippen molar-refractivity contribution in [1.29, 1.82) is 0 Å². The van der Waals surface area contributed by atoms with Crippen LogP contribution in [0.25, 0.3) is 10.8 Å². The zero-order valence-electron chi connectivity index (χ0n) is 15.2. The minimum Gasteiger partial charge on any atom is -0.497 e. The first-order valence-corrected chi connectivity index (χ1v) is 8.47. The molecular weight excluding hydrogens is 342 g/mol. The largest absolute Gasteiger partial charge is 0.497 e. The third kappa shape index (κ3) is 4.55. The molecule has 0 aromatic heterocycles. The Morgan fingerprint density at radius 2 is 1.85 bits per heavy atom. The van der Waals surface area contributed by atoms with Crippen molar-refractivity contribution in [3.05, 3.63) is 66.2 Å². The maximum absolute atomic E-state index is 12.1. The average Bonchev–Trinajstić information content (AvgIpc) is 2.72. The molecule has 0 aliphatic rings. The van der Waals surface area contributed by atoms with Gasteiger partial charge >= 0.3 is 0 Å². The number of hydrogen-bond acceptors (Lipinski definition) is 5. The Hall–Kier alpha value is -3.54. The predicted octanol–water partition coefficient (Wildman–Crippen LogP) is 3.42. The fraction of sp³-hybridized carbons (Fsp3) is 0.143. The number of anilines is 1. The number of carbonyl (C=O) groups excluding carboxylic acids is 1. The van der Waals surface area contributed by atoms with Gasteiger partial charge in [-0.3, -0.25) is 4.79 Å². The van der Waals surface area contributed by atoms with Crippen molar-refractivity contribution in [2.75, 3.05) is 26.1 Å². The standard InChI is InChI=1S/C21H21N3O3/c1-26-17-10-11-20(27-2)16(12-17)13-23-24-21(25)14-22-19-9-5-7-15-6-3-4-8-18(15)19/h3-13,22H,14H2,1-2H3,(H,24,25)/b23-13+. The van der Waals surface area contributed by atoms with Crippen LogP contribution in [0, 0.1) is 0 Å². The van der Waals surface area contributed by atoms with Gasteiger partial charge in [0.25, 0.3) is 5.91 Å². The summed E-state index contributed by atoms with van der Waals surface area (Å²) in [6.07, 6.45) is 1.52. The number of rotatable bonds is 7. The zero-order valence-corrected chi connectivity index (χ0v) is 15.2. The molecule has 0 atom stereocenters. The number of benzene rings is 3. The van der Waals surface area contributed by atoms with Gasteiger partial charge in [-0.25, -0.2) is 5.43 Å². The quantitative estimate of drug-likeness (QED) is 0.498. The molecule has 0 saturated carbocycles. The van der Waals surface area contributed by atoms with Crippen LogP contribution in [0.2, 0.25) is 0 Å². The second-order valence-corrected chi connectivity index (χ2v) is 5.78. The molecule has 0 radical (unpaired) electrons. The highest BCUT2D eigenvalue weighted by Gasteiger charge is 2.05. The van der Waals surface area contributed by atoms with E-state index in [0.717, 1.165) is 16.5 Å². The molecule has 0 spiro atoms. The van der Waals surface area contributed by atoms with Crippen LogP contribution in [0.4, 0.5) is 5.69 Å². The first-order valence-electron chi connectivity index (χ1n) is 8.47. The van der Waals surface area contributed by atoms with E-state index in [9.17, 15) is 4.79 Å². The Balaban J connectivity index is 1.61. The van der Waals surface area contributed by atoms with Crippen molar-refractivity contribution in [3.8, 4) is 11.5 Å². The molecule has 1 amide bonds. The van der Waals surface area contributed by atoms with Crippen LogP contribution in [0.3, 0.4) is 0 Å². The Labute approximate surface area is 157 Å². The number of amides is 1. The molecule has 6 nitrogen and oxygen atoms in total. The van der Waals surface area contributed by atoms with Gasteiger partial charge < -0.3 is 14.8 Å². The van der Waals surface area contributed by atoms with E-state index in [1.165, 1.54) is 6.21 Å². The molecule has 138 valence electrons. The summed E-state index contributed by atoms with van der Waals surface area (Å²) in [5.74, 6) is 1.07. The summed E-state index contributed by atoms with van der Waals surface area (Å²) in [5, 5.41) is 9.33. The van der Waals surface area contributed by atoms with Crippen LogP contribution in [0.15, 0.2) is 65.8 Å². The molecule has 0 unspecified atom stereocenters. The molecule has 27 heavy (non-hydrogen) atoms. The summed E-state index contributed by atoms with van der Waals surface area (Å²) in [6.45, 7) is 0.112. The summed E-state index contributed by atoms with van der Waals surface area (Å²) >= 11 is 0. The molecule has 0 saturated heterocycles. The normalized spacial score (nSPS) is 10.7. The molecule has 3 rings (SSSR count). The van der Waals surface area contributed by atoms with Crippen molar-refractivity contribution in [3.63, 3.8) is 0 Å². The lowest BCUT2D eigenvalue weighted by Gasteiger charge is -2.09. The third-order valence-electron chi connectivity index (χ3n) is 4.06. The number of ether oxygens (including phenoxy) is 2. The van der Waals surface area contributed by atoms with Gasteiger partial charge in [0.15, 0.2) is 0 Å². The molecule has 0 bridgehead atoms. The Bertz CT molecular complexity index is 965. The lowest BCUT2D eigenvalue weighted by Crippen LogP contribution is -2.25. The van der Waals surface area contributed by atoms with E-state index in [2.05, 4.69) is 15.8 Å². The van der Waals surface area contributed by atoms with Crippen molar-refractivity contribution in [2.45, 2.75) is 0 Å². The summed E-state index contributed by atoms with van der Waals surface area (Å²) in [4.78, 5) is 12.1. The first kappa shape index (κ1) is 18.3. The number of fused-ring (bicyclic) bond motifs is 1. The van der Waals surface area contributed by atoms with Gasteiger partial charge in [0.1, 0.15) is 11.5 Å². The fourth-order valence-corrected chi connectivity index (χ4v) is 2.71. The van der Waals surface area contributed by atoms with E-state index in [1.54, 1.807) is 32.4 Å². The molecule has 0 aliphatic carbocycles. The highest BCUT2D eigenvalue weighted by atomic mass is 16.5. The first-order chi connectivity index (χ1) is 13.2. The van der Waals surface area contributed by atoms with Crippen LogP contribution in [-0.2, 0) is 4.79 Å². The molecule has 3 aromatic carbocycles. The predicted molar refractivity (Wildman–Crippen MR) is 108 cm³/mol. The SMILES string of the molecule is COc1ccc(OC)c(/C=N/NC(=O)CNc2cccc3ccccc23)c1. The van der Waals surface area contributed by atoms with Crippen LogP contribution >= 0.6 is 0 Å². The highest BCUT2D eigenvalue weighted by molar-refractivity contribution is 5.95. The number of carbonyl (C=O) groups is 1. The Morgan fingerprint density at radius 1 is 1.04 bits per heavy atom. The zero-order chi connectivity index (χ0) is 19.1. The van der Waals surface area contributed by atoms with Crippen LogP contribution < -0.4 is 20.2 Å². The summed E-state index contributed by atoms with van der Waals surface area (Å²) in [7, 11) is 3.16. The topological polar surface area (TPSA) is 72.0 Å². The number of hydrogen-bond donors (Lipinski definition) is 2. The van der Waals surface area contributed by atoms with E-state index in [1.807, 2.05) is 42.5 Å². The van der Waals surface area contributed by atoms with E-state index < -0.39 is 0 Å². The number of nitrogens with one attached hydrogen (secondary N) is 2. The van der Waals surface area contributed by atoms with Gasteiger partial charge in [-0.1, -0.05) is 36.4 Å². The Morgan fingerprint density at radius 3 is 2.67 bits per heavy atom. The Kier molecular flexibility index (Phi) is 5.89. The molecule has 6 heteroatoms. The van der Waals surface area contributed by atoms with Gasteiger partial charge in [0.05, 0.1) is 27.0 Å². The van der Waals surface area contributed by atoms with Crippen LogP contribution in [0.1, 0.15) is 5.56 Å². The second-order valence-electron chi connectivity index (χ2n) is 5.78. The summed E-state index contributed by atoms with van der Waals surface area (Å²) < 4.78 is 10.5. The van der Waals surface area contributed by atoms with E-state index in [4.69, 9.17) is 9.47 Å². The smallest absolute Gasteiger partial charge is 0.259 e. The number of hydrazone groups is 1. The van der Waals surface area contributed by atoms with Crippen molar-refractivity contribution < 1.29 is 14.3 Å². The van der Waals surface area contributed by atoms with Gasteiger partial charge in [-0.2, -0.15) is 5.10 Å². The molecule has 2 N–H and O–H groups in total. The average molecular weight is 363 g/mol. The molecular formula is C21H21N3O3. The van der Waals surface area contributed by atoms with Gasteiger partial charge in [-0.15, -0.1) is 0 Å². The maximum atomic E-state index is 12.1. The van der Waals surface area contributed by atoms with Gasteiger partial charge in [0, 0.05) is 16.6 Å². The summed E-state index contributed by atoms with van der Waals surface area (Å²) in [5.41, 5.74) is 4.12. The third-order valence-corrected chi connectivity index (χ3v) is 4.06. The lowest BCUT2D eigenvalue weighted by molar-refractivity contribution is -0.119. The molecule has 3 aromatic rings. The molecule has 0 heterocycles.